The van der Waals surface area contributed by atoms with Crippen molar-refractivity contribution in [2.75, 3.05) is 10.5 Å². The fourth-order valence-electron chi connectivity index (χ4n) is 1.73. The van der Waals surface area contributed by atoms with Gasteiger partial charge in [-0.3, -0.25) is 4.72 Å². The monoisotopic (exact) mass is 332 g/mol. The first-order valence-corrected chi connectivity index (χ1v) is 7.60. The number of nitrogen functional groups attached to an aromatic ring is 1. The number of nitrogens with two attached hydrogens (primary N) is 1. The predicted octanol–water partition coefficient (Wildman–Crippen LogP) is 3.31. The molecule has 21 heavy (non-hydrogen) atoms. The molecule has 0 saturated heterocycles. The number of anilines is 2. The smallest absolute Gasteiger partial charge is 0.267 e. The highest BCUT2D eigenvalue weighted by molar-refractivity contribution is 7.92. The molecule has 0 radical (unpaired) electrons. The summed E-state index contributed by atoms with van der Waals surface area (Å²) in [6, 6.07) is 6.00. The van der Waals surface area contributed by atoms with Gasteiger partial charge in [0.15, 0.2) is 4.90 Å². The van der Waals surface area contributed by atoms with Crippen molar-refractivity contribution in [1.82, 2.24) is 0 Å². The summed E-state index contributed by atoms with van der Waals surface area (Å²) >= 11 is 5.89. The van der Waals surface area contributed by atoms with Crippen LogP contribution in [0.15, 0.2) is 35.2 Å². The number of rotatable bonds is 3. The lowest BCUT2D eigenvalue weighted by Crippen LogP contribution is -2.17. The van der Waals surface area contributed by atoms with Crippen molar-refractivity contribution in [3.05, 3.63) is 52.6 Å². The molecule has 0 atom stereocenters. The van der Waals surface area contributed by atoms with Crippen LogP contribution in [0.4, 0.5) is 20.2 Å². The van der Waals surface area contributed by atoms with E-state index in [1.165, 1.54) is 12.1 Å². The molecule has 8 heteroatoms. The molecular weight excluding hydrogens is 322 g/mol. The lowest BCUT2D eigenvalue weighted by Gasteiger charge is -2.12. The summed E-state index contributed by atoms with van der Waals surface area (Å²) in [6.45, 7) is 1.77. The Hall–Kier alpha value is -1.86. The van der Waals surface area contributed by atoms with Crippen molar-refractivity contribution in [3.8, 4) is 0 Å². The number of hydrogen-bond acceptors (Lipinski definition) is 3. The van der Waals surface area contributed by atoms with E-state index in [-0.39, 0.29) is 16.4 Å². The molecule has 112 valence electrons. The molecule has 0 saturated carbocycles. The van der Waals surface area contributed by atoms with Crippen LogP contribution in [-0.4, -0.2) is 8.42 Å². The Labute approximate surface area is 125 Å². The van der Waals surface area contributed by atoms with Crippen molar-refractivity contribution in [3.63, 3.8) is 0 Å². The third-order valence-electron chi connectivity index (χ3n) is 2.66. The quantitative estimate of drug-likeness (QED) is 0.847. The van der Waals surface area contributed by atoms with Crippen LogP contribution in [0.5, 0.6) is 0 Å². The zero-order valence-electron chi connectivity index (χ0n) is 10.8. The molecule has 0 unspecified atom stereocenters. The maximum atomic E-state index is 13.7. The second-order valence-electron chi connectivity index (χ2n) is 4.40. The molecule has 2 aromatic rings. The minimum atomic E-state index is -4.47. The Balaban J connectivity index is 2.48. The zero-order chi connectivity index (χ0) is 15.8. The van der Waals surface area contributed by atoms with Gasteiger partial charge in [-0.2, -0.15) is 0 Å². The molecule has 0 spiro atoms. The number of aryl methyl sites for hydroxylation is 1. The van der Waals surface area contributed by atoms with Gasteiger partial charge in [0.2, 0.25) is 0 Å². The van der Waals surface area contributed by atoms with E-state index in [0.29, 0.717) is 0 Å². The number of halogens is 3. The van der Waals surface area contributed by atoms with Crippen molar-refractivity contribution < 1.29 is 17.2 Å². The average molecular weight is 333 g/mol. The molecule has 0 heterocycles. The third-order valence-corrected chi connectivity index (χ3v) is 4.39. The Kier molecular flexibility index (Phi) is 4.06. The summed E-state index contributed by atoms with van der Waals surface area (Å²) in [5.41, 5.74) is 5.88. The largest absolute Gasteiger partial charge is 0.399 e. The first kappa shape index (κ1) is 15.5. The lowest BCUT2D eigenvalue weighted by atomic mass is 10.2. The highest BCUT2D eigenvalue weighted by atomic mass is 35.5. The molecule has 4 nitrogen and oxygen atoms in total. The molecule has 0 fully saturated rings. The maximum absolute atomic E-state index is 13.7. The molecule has 2 rings (SSSR count). The van der Waals surface area contributed by atoms with Crippen LogP contribution < -0.4 is 10.5 Å². The first-order chi connectivity index (χ1) is 9.70. The standard InChI is InChI=1S/C13H11ClF2N2O2S/c1-7-2-3-12(9(14)4-7)18-21(19,20)13-10(15)5-8(17)6-11(13)16/h2-6,18H,17H2,1H3. The number of hydrogen-bond donors (Lipinski definition) is 2. The van der Waals surface area contributed by atoms with E-state index in [0.717, 1.165) is 17.7 Å². The number of sulfonamides is 1. The van der Waals surface area contributed by atoms with E-state index in [2.05, 4.69) is 4.72 Å². The second kappa shape index (κ2) is 5.50. The molecule has 2 aromatic carbocycles. The van der Waals surface area contributed by atoms with Gasteiger partial charge in [-0.1, -0.05) is 17.7 Å². The molecular formula is C13H11ClF2N2O2S. The van der Waals surface area contributed by atoms with Crippen molar-refractivity contribution >= 4 is 33.0 Å². The molecule has 3 N–H and O–H groups in total. The summed E-state index contributed by atoms with van der Waals surface area (Å²) in [6.07, 6.45) is 0. The van der Waals surface area contributed by atoms with Crippen LogP contribution in [0, 0.1) is 18.6 Å². The Bertz CT molecular complexity index is 787. The van der Waals surface area contributed by atoms with E-state index < -0.39 is 26.6 Å². The minimum Gasteiger partial charge on any atom is -0.399 e. The Morgan fingerprint density at radius 1 is 1.14 bits per heavy atom. The van der Waals surface area contributed by atoms with Crippen molar-refractivity contribution in [2.24, 2.45) is 0 Å². The van der Waals surface area contributed by atoms with Crippen LogP contribution in [0.25, 0.3) is 0 Å². The summed E-state index contributed by atoms with van der Waals surface area (Å²) in [7, 11) is -4.47. The van der Waals surface area contributed by atoms with Crippen LogP contribution >= 0.6 is 11.6 Å². The van der Waals surface area contributed by atoms with Crippen LogP contribution in [0.2, 0.25) is 5.02 Å². The second-order valence-corrected chi connectivity index (χ2v) is 6.43. The lowest BCUT2D eigenvalue weighted by molar-refractivity contribution is 0.522. The van der Waals surface area contributed by atoms with Gasteiger partial charge in [-0.15, -0.1) is 0 Å². The van der Waals surface area contributed by atoms with Gasteiger partial charge in [0.25, 0.3) is 10.0 Å². The van der Waals surface area contributed by atoms with Gasteiger partial charge in [0.1, 0.15) is 11.6 Å². The van der Waals surface area contributed by atoms with Gasteiger partial charge in [-0.25, -0.2) is 17.2 Å². The molecule has 0 aliphatic rings. The number of benzene rings is 2. The van der Waals surface area contributed by atoms with E-state index in [4.69, 9.17) is 17.3 Å². The Morgan fingerprint density at radius 3 is 2.24 bits per heavy atom. The molecule has 0 bridgehead atoms. The predicted molar refractivity (Wildman–Crippen MR) is 77.8 cm³/mol. The summed E-state index contributed by atoms with van der Waals surface area (Å²) in [5.74, 6) is -2.55. The molecule has 0 amide bonds. The SMILES string of the molecule is Cc1ccc(NS(=O)(=O)c2c(F)cc(N)cc2F)c(Cl)c1. The summed E-state index contributed by atoms with van der Waals surface area (Å²) in [5, 5.41) is 0.120. The van der Waals surface area contributed by atoms with E-state index in [1.807, 2.05) is 0 Å². The van der Waals surface area contributed by atoms with Crippen LogP contribution in [0.1, 0.15) is 5.56 Å². The maximum Gasteiger partial charge on any atom is 0.267 e. The minimum absolute atomic E-state index is 0.0258. The Morgan fingerprint density at radius 2 is 1.71 bits per heavy atom. The third kappa shape index (κ3) is 3.25. The normalized spacial score (nSPS) is 11.4. The van der Waals surface area contributed by atoms with Gasteiger partial charge >= 0.3 is 0 Å². The summed E-state index contributed by atoms with van der Waals surface area (Å²) in [4.78, 5) is -1.10. The van der Waals surface area contributed by atoms with Crippen LogP contribution in [-0.2, 0) is 10.0 Å². The van der Waals surface area contributed by atoms with Crippen molar-refractivity contribution in [2.45, 2.75) is 11.8 Å². The van der Waals surface area contributed by atoms with E-state index in [1.54, 1.807) is 13.0 Å². The fraction of sp³-hybridized carbons (Fsp3) is 0.0769. The fourth-order valence-corrected chi connectivity index (χ4v) is 3.27. The zero-order valence-corrected chi connectivity index (χ0v) is 12.4. The van der Waals surface area contributed by atoms with E-state index >= 15 is 0 Å². The topological polar surface area (TPSA) is 72.2 Å². The van der Waals surface area contributed by atoms with Gasteiger partial charge in [-0.05, 0) is 36.8 Å². The molecule has 0 aliphatic carbocycles. The highest BCUT2D eigenvalue weighted by Gasteiger charge is 2.25. The summed E-state index contributed by atoms with van der Waals surface area (Å²) < 4.78 is 53.7. The highest BCUT2D eigenvalue weighted by Crippen LogP contribution is 2.28. The number of nitrogens with one attached hydrogen (secondary N) is 1. The van der Waals surface area contributed by atoms with Gasteiger partial charge in [0, 0.05) is 5.69 Å². The first-order valence-electron chi connectivity index (χ1n) is 5.74. The van der Waals surface area contributed by atoms with Gasteiger partial charge in [0.05, 0.1) is 10.7 Å². The van der Waals surface area contributed by atoms with E-state index in [9.17, 15) is 17.2 Å². The average Bonchev–Trinajstić information content (AvgIpc) is 2.30. The van der Waals surface area contributed by atoms with Crippen molar-refractivity contribution in [1.29, 1.82) is 0 Å². The van der Waals surface area contributed by atoms with Gasteiger partial charge < -0.3 is 5.73 Å². The van der Waals surface area contributed by atoms with Crippen LogP contribution in [0.3, 0.4) is 0 Å². The molecule has 0 aromatic heterocycles. The molecule has 0 aliphatic heterocycles.